The van der Waals surface area contributed by atoms with Crippen LogP contribution < -0.4 is 0 Å². The van der Waals surface area contributed by atoms with Gasteiger partial charge in [-0.05, 0) is 48.2 Å². The van der Waals surface area contributed by atoms with Gasteiger partial charge in [0.25, 0.3) is 5.91 Å². The van der Waals surface area contributed by atoms with Crippen LogP contribution in [0, 0.1) is 0 Å². The standard InChI is InChI=1S/C17H15NO3S/c1-11(17(20)21)12-6-8-14(9-7-12)22-18-10-13-4-2-3-5-15(13)16(18)19/h2-9,11H,10H2,1H3,(H,20,21)/t11-/m1/s1. The molecule has 0 aliphatic carbocycles. The van der Waals surface area contributed by atoms with Gasteiger partial charge in [0.1, 0.15) is 0 Å². The van der Waals surface area contributed by atoms with Gasteiger partial charge in [0, 0.05) is 10.5 Å². The summed E-state index contributed by atoms with van der Waals surface area (Å²) in [5, 5.41) is 9.01. The number of aliphatic carboxylic acids is 1. The van der Waals surface area contributed by atoms with Gasteiger partial charge in [0.15, 0.2) is 0 Å². The second kappa shape index (κ2) is 5.85. The topological polar surface area (TPSA) is 57.6 Å². The fraction of sp³-hybridized carbons (Fsp3) is 0.176. The third kappa shape index (κ3) is 2.72. The minimum Gasteiger partial charge on any atom is -0.481 e. The highest BCUT2D eigenvalue weighted by Crippen LogP contribution is 2.33. The first-order valence-electron chi connectivity index (χ1n) is 6.97. The summed E-state index contributed by atoms with van der Waals surface area (Å²) in [5.74, 6) is -1.36. The molecule has 0 aromatic heterocycles. The molecule has 0 radical (unpaired) electrons. The average molecular weight is 313 g/mol. The van der Waals surface area contributed by atoms with E-state index in [1.54, 1.807) is 23.4 Å². The monoisotopic (exact) mass is 313 g/mol. The van der Waals surface area contributed by atoms with Crippen molar-refractivity contribution >= 4 is 23.8 Å². The summed E-state index contributed by atoms with van der Waals surface area (Å²) >= 11 is 1.38. The van der Waals surface area contributed by atoms with Crippen LogP contribution in [0.5, 0.6) is 0 Å². The number of hydrogen-bond acceptors (Lipinski definition) is 3. The number of rotatable bonds is 4. The Labute approximate surface area is 132 Å². The van der Waals surface area contributed by atoms with E-state index < -0.39 is 11.9 Å². The van der Waals surface area contributed by atoms with Gasteiger partial charge in [-0.2, -0.15) is 0 Å². The van der Waals surface area contributed by atoms with Crippen molar-refractivity contribution in [1.29, 1.82) is 0 Å². The van der Waals surface area contributed by atoms with E-state index in [0.29, 0.717) is 6.54 Å². The number of fused-ring (bicyclic) bond motifs is 1. The molecule has 5 heteroatoms. The number of benzene rings is 2. The number of carboxylic acids is 1. The Balaban J connectivity index is 1.73. The SMILES string of the molecule is C[C@@H](C(=O)O)c1ccc(SN2Cc3ccccc3C2=O)cc1. The number of carbonyl (C=O) groups is 2. The Bertz CT molecular complexity index is 727. The molecular weight excluding hydrogens is 298 g/mol. The molecule has 112 valence electrons. The minimum absolute atomic E-state index is 0.0172. The van der Waals surface area contributed by atoms with Gasteiger partial charge in [-0.15, -0.1) is 0 Å². The van der Waals surface area contributed by atoms with Crippen molar-refractivity contribution in [3.8, 4) is 0 Å². The van der Waals surface area contributed by atoms with Gasteiger partial charge in [-0.25, -0.2) is 0 Å². The first-order chi connectivity index (χ1) is 10.6. The van der Waals surface area contributed by atoms with E-state index in [2.05, 4.69) is 0 Å². The third-order valence-corrected chi connectivity index (χ3v) is 4.75. The summed E-state index contributed by atoms with van der Waals surface area (Å²) in [6.07, 6.45) is 0. The summed E-state index contributed by atoms with van der Waals surface area (Å²) < 4.78 is 1.72. The molecular formula is C17H15NO3S. The first kappa shape index (κ1) is 14.7. The Morgan fingerprint density at radius 2 is 1.86 bits per heavy atom. The van der Waals surface area contributed by atoms with Gasteiger partial charge in [0.05, 0.1) is 12.5 Å². The lowest BCUT2D eigenvalue weighted by atomic mass is 10.0. The molecule has 0 saturated carbocycles. The molecule has 4 nitrogen and oxygen atoms in total. The molecule has 3 rings (SSSR count). The molecule has 1 aliphatic heterocycles. The molecule has 2 aromatic carbocycles. The number of carbonyl (C=O) groups excluding carboxylic acids is 1. The van der Waals surface area contributed by atoms with Gasteiger partial charge in [-0.1, -0.05) is 30.3 Å². The maximum absolute atomic E-state index is 12.3. The van der Waals surface area contributed by atoms with E-state index in [4.69, 9.17) is 5.11 Å². The van der Waals surface area contributed by atoms with Gasteiger partial charge in [-0.3, -0.25) is 13.9 Å². The fourth-order valence-corrected chi connectivity index (χ4v) is 3.29. The minimum atomic E-state index is -0.842. The Morgan fingerprint density at radius 3 is 2.50 bits per heavy atom. The van der Waals surface area contributed by atoms with Crippen molar-refractivity contribution < 1.29 is 14.7 Å². The molecule has 0 fully saturated rings. The van der Waals surface area contributed by atoms with E-state index in [-0.39, 0.29) is 5.91 Å². The summed E-state index contributed by atoms with van der Waals surface area (Å²) in [5.41, 5.74) is 2.55. The number of carboxylic acid groups (broad SMARTS) is 1. The molecule has 0 saturated heterocycles. The molecule has 1 atom stereocenters. The van der Waals surface area contributed by atoms with Crippen molar-refractivity contribution in [2.75, 3.05) is 0 Å². The number of amides is 1. The highest BCUT2D eigenvalue weighted by Gasteiger charge is 2.27. The summed E-state index contributed by atoms with van der Waals surface area (Å²) in [6, 6.07) is 14.9. The van der Waals surface area contributed by atoms with Crippen LogP contribution in [0.1, 0.15) is 34.3 Å². The second-order valence-corrected chi connectivity index (χ2v) is 6.31. The fourth-order valence-electron chi connectivity index (χ4n) is 2.39. The molecule has 1 aliphatic rings. The van der Waals surface area contributed by atoms with E-state index >= 15 is 0 Å². The Kier molecular flexibility index (Phi) is 3.90. The zero-order chi connectivity index (χ0) is 15.7. The van der Waals surface area contributed by atoms with E-state index in [0.717, 1.165) is 21.6 Å². The lowest BCUT2D eigenvalue weighted by Crippen LogP contribution is -2.15. The maximum atomic E-state index is 12.3. The van der Waals surface area contributed by atoms with Crippen LogP contribution in [0.4, 0.5) is 0 Å². The Hall–Kier alpha value is -2.27. The van der Waals surface area contributed by atoms with Crippen LogP contribution in [-0.2, 0) is 11.3 Å². The predicted molar refractivity (Wildman–Crippen MR) is 84.7 cm³/mol. The molecule has 0 spiro atoms. The van der Waals surface area contributed by atoms with E-state index in [1.807, 2.05) is 36.4 Å². The summed E-state index contributed by atoms with van der Waals surface area (Å²) in [4.78, 5) is 24.2. The molecule has 0 unspecified atom stereocenters. The zero-order valence-electron chi connectivity index (χ0n) is 12.0. The highest BCUT2D eigenvalue weighted by atomic mass is 32.2. The van der Waals surface area contributed by atoms with Crippen molar-refractivity contribution in [1.82, 2.24) is 4.31 Å². The van der Waals surface area contributed by atoms with Crippen LogP contribution in [0.15, 0.2) is 53.4 Å². The largest absolute Gasteiger partial charge is 0.481 e. The van der Waals surface area contributed by atoms with Crippen molar-refractivity contribution in [3.05, 3.63) is 65.2 Å². The van der Waals surface area contributed by atoms with Crippen LogP contribution in [0.2, 0.25) is 0 Å². The van der Waals surface area contributed by atoms with Gasteiger partial charge in [0.2, 0.25) is 0 Å². The lowest BCUT2D eigenvalue weighted by Gasteiger charge is -2.14. The van der Waals surface area contributed by atoms with Gasteiger partial charge < -0.3 is 5.11 Å². The van der Waals surface area contributed by atoms with Crippen molar-refractivity contribution in [3.63, 3.8) is 0 Å². The molecule has 1 heterocycles. The molecule has 1 N–H and O–H groups in total. The smallest absolute Gasteiger partial charge is 0.310 e. The normalized spacial score (nSPS) is 14.8. The van der Waals surface area contributed by atoms with E-state index in [1.165, 1.54) is 11.9 Å². The zero-order valence-corrected chi connectivity index (χ0v) is 12.8. The number of hydrogen-bond donors (Lipinski definition) is 1. The third-order valence-electron chi connectivity index (χ3n) is 3.75. The summed E-state index contributed by atoms with van der Waals surface area (Å²) in [6.45, 7) is 2.25. The molecule has 2 aromatic rings. The predicted octanol–water partition coefficient (Wildman–Crippen LogP) is 3.54. The maximum Gasteiger partial charge on any atom is 0.310 e. The summed E-state index contributed by atoms with van der Waals surface area (Å²) in [7, 11) is 0. The van der Waals surface area contributed by atoms with Crippen LogP contribution in [0.3, 0.4) is 0 Å². The molecule has 1 amide bonds. The number of nitrogens with zero attached hydrogens (tertiary/aromatic N) is 1. The Morgan fingerprint density at radius 1 is 1.18 bits per heavy atom. The van der Waals surface area contributed by atoms with Gasteiger partial charge >= 0.3 is 5.97 Å². The van der Waals surface area contributed by atoms with E-state index in [9.17, 15) is 9.59 Å². The van der Waals surface area contributed by atoms with Crippen LogP contribution >= 0.6 is 11.9 Å². The van der Waals surface area contributed by atoms with Crippen LogP contribution in [-0.4, -0.2) is 21.3 Å². The average Bonchev–Trinajstić information content (AvgIpc) is 2.84. The molecule has 0 bridgehead atoms. The first-order valence-corrected chi connectivity index (χ1v) is 7.74. The second-order valence-electron chi connectivity index (χ2n) is 5.22. The molecule has 22 heavy (non-hydrogen) atoms. The lowest BCUT2D eigenvalue weighted by molar-refractivity contribution is -0.138. The van der Waals surface area contributed by atoms with Crippen molar-refractivity contribution in [2.45, 2.75) is 24.3 Å². The highest BCUT2D eigenvalue weighted by molar-refractivity contribution is 7.97. The van der Waals surface area contributed by atoms with Crippen LogP contribution in [0.25, 0.3) is 0 Å². The quantitative estimate of drug-likeness (QED) is 0.877. The van der Waals surface area contributed by atoms with Crippen molar-refractivity contribution in [2.24, 2.45) is 0 Å².